The molecule has 2 rings (SSSR count). The van der Waals surface area contributed by atoms with E-state index in [0.29, 0.717) is 0 Å². The van der Waals surface area contributed by atoms with E-state index in [1.54, 1.807) is 0 Å². The number of aryl methyl sites for hydroxylation is 1. The van der Waals surface area contributed by atoms with E-state index in [2.05, 4.69) is 10.6 Å². The molecule has 0 bridgehead atoms. The summed E-state index contributed by atoms with van der Waals surface area (Å²) in [5, 5.41) is 5.71. The summed E-state index contributed by atoms with van der Waals surface area (Å²) in [5.41, 5.74) is 2.52. The molecular formula is C15H20N2O2. The fraction of sp³-hybridized carbons (Fsp3) is 0.467. The number of rotatable bonds is 3. The largest absolute Gasteiger partial charge is 0.326 e. The van der Waals surface area contributed by atoms with Gasteiger partial charge >= 0.3 is 0 Å². The maximum absolute atomic E-state index is 12.0. The van der Waals surface area contributed by atoms with Gasteiger partial charge in [0, 0.05) is 24.2 Å². The van der Waals surface area contributed by atoms with E-state index in [-0.39, 0.29) is 17.7 Å². The lowest BCUT2D eigenvalue weighted by Gasteiger charge is -2.12. The molecule has 1 aliphatic rings. The van der Waals surface area contributed by atoms with Crippen molar-refractivity contribution in [1.82, 2.24) is 0 Å². The molecule has 0 aromatic heterocycles. The van der Waals surface area contributed by atoms with E-state index in [4.69, 9.17) is 0 Å². The van der Waals surface area contributed by atoms with Crippen molar-refractivity contribution < 1.29 is 9.59 Å². The molecule has 0 radical (unpaired) electrons. The monoisotopic (exact) mass is 260 g/mol. The molecule has 1 fully saturated rings. The smallest absolute Gasteiger partial charge is 0.227 e. The summed E-state index contributed by atoms with van der Waals surface area (Å²) in [5.74, 6) is 0.186. The lowest BCUT2D eigenvalue weighted by molar-refractivity contribution is -0.119. The number of hydrogen-bond acceptors (Lipinski definition) is 2. The summed E-state index contributed by atoms with van der Waals surface area (Å²) in [7, 11) is 0. The van der Waals surface area contributed by atoms with Crippen LogP contribution in [0.3, 0.4) is 0 Å². The Morgan fingerprint density at radius 3 is 2.42 bits per heavy atom. The van der Waals surface area contributed by atoms with Crippen LogP contribution in [0.4, 0.5) is 11.4 Å². The maximum atomic E-state index is 12.0. The van der Waals surface area contributed by atoms with Crippen LogP contribution in [0.2, 0.25) is 0 Å². The van der Waals surface area contributed by atoms with E-state index in [0.717, 1.165) is 42.6 Å². The van der Waals surface area contributed by atoms with Gasteiger partial charge in [-0.1, -0.05) is 12.8 Å². The number of nitrogens with one attached hydrogen (secondary N) is 2. The number of carbonyl (C=O) groups excluding carboxylic acids is 2. The Bertz CT molecular complexity index is 491. The molecular weight excluding hydrogens is 240 g/mol. The second-order valence-corrected chi connectivity index (χ2v) is 5.18. The molecule has 0 spiro atoms. The third-order valence-electron chi connectivity index (χ3n) is 3.53. The summed E-state index contributed by atoms with van der Waals surface area (Å²) in [4.78, 5) is 23.0. The predicted molar refractivity (Wildman–Crippen MR) is 76.1 cm³/mol. The highest BCUT2D eigenvalue weighted by atomic mass is 16.2. The number of anilines is 2. The molecule has 0 atom stereocenters. The van der Waals surface area contributed by atoms with E-state index in [9.17, 15) is 9.59 Å². The van der Waals surface area contributed by atoms with Gasteiger partial charge in [0.2, 0.25) is 11.8 Å². The quantitative estimate of drug-likeness (QED) is 0.877. The minimum atomic E-state index is -0.0918. The van der Waals surface area contributed by atoms with Crippen LogP contribution in [0.25, 0.3) is 0 Å². The molecule has 2 amide bonds. The van der Waals surface area contributed by atoms with Crippen molar-refractivity contribution in [3.05, 3.63) is 23.8 Å². The SMILES string of the molecule is CC(=O)Nc1ccc(NC(=O)C2CCCC2)cc1C. The van der Waals surface area contributed by atoms with Crippen molar-refractivity contribution in [2.24, 2.45) is 5.92 Å². The summed E-state index contributed by atoms with van der Waals surface area (Å²) in [6.45, 7) is 3.39. The number of amides is 2. The van der Waals surface area contributed by atoms with Crippen LogP contribution in [-0.4, -0.2) is 11.8 Å². The van der Waals surface area contributed by atoms with E-state index < -0.39 is 0 Å². The molecule has 19 heavy (non-hydrogen) atoms. The van der Waals surface area contributed by atoms with Gasteiger partial charge in [0.05, 0.1) is 0 Å². The van der Waals surface area contributed by atoms with Crippen molar-refractivity contribution in [2.75, 3.05) is 10.6 Å². The van der Waals surface area contributed by atoms with Gasteiger partial charge in [-0.25, -0.2) is 0 Å². The molecule has 4 nitrogen and oxygen atoms in total. The topological polar surface area (TPSA) is 58.2 Å². The van der Waals surface area contributed by atoms with E-state index in [1.807, 2.05) is 25.1 Å². The predicted octanol–water partition coefficient (Wildman–Crippen LogP) is 3.08. The molecule has 0 heterocycles. The van der Waals surface area contributed by atoms with Crippen LogP contribution in [-0.2, 0) is 9.59 Å². The minimum absolute atomic E-state index is 0.0918. The first-order chi connectivity index (χ1) is 9.06. The fourth-order valence-electron chi connectivity index (χ4n) is 2.50. The zero-order valence-electron chi connectivity index (χ0n) is 11.5. The summed E-state index contributed by atoms with van der Waals surface area (Å²) < 4.78 is 0. The lowest BCUT2D eigenvalue weighted by atomic mass is 10.1. The van der Waals surface area contributed by atoms with Gasteiger partial charge in [0.25, 0.3) is 0 Å². The van der Waals surface area contributed by atoms with Crippen molar-refractivity contribution >= 4 is 23.2 Å². The zero-order chi connectivity index (χ0) is 13.8. The first kappa shape index (κ1) is 13.6. The zero-order valence-corrected chi connectivity index (χ0v) is 11.5. The van der Waals surface area contributed by atoms with Crippen LogP contribution < -0.4 is 10.6 Å². The highest BCUT2D eigenvalue weighted by Gasteiger charge is 2.22. The highest BCUT2D eigenvalue weighted by molar-refractivity contribution is 5.94. The van der Waals surface area contributed by atoms with Crippen LogP contribution in [0.1, 0.15) is 38.2 Å². The summed E-state index contributed by atoms with van der Waals surface area (Å²) >= 11 is 0. The molecule has 1 saturated carbocycles. The first-order valence-corrected chi connectivity index (χ1v) is 6.75. The maximum Gasteiger partial charge on any atom is 0.227 e. The summed E-state index contributed by atoms with van der Waals surface area (Å²) in [6.07, 6.45) is 4.29. The van der Waals surface area contributed by atoms with Gasteiger partial charge < -0.3 is 10.6 Å². The van der Waals surface area contributed by atoms with Gasteiger partial charge in [-0.15, -0.1) is 0 Å². The van der Waals surface area contributed by atoms with Crippen molar-refractivity contribution in [1.29, 1.82) is 0 Å². The Balaban J connectivity index is 2.03. The van der Waals surface area contributed by atoms with Crippen LogP contribution in [0, 0.1) is 12.8 Å². The molecule has 0 unspecified atom stereocenters. The number of hydrogen-bond donors (Lipinski definition) is 2. The Labute approximate surface area is 113 Å². The molecule has 1 aromatic rings. The molecule has 0 saturated heterocycles. The normalized spacial score (nSPS) is 15.3. The van der Waals surface area contributed by atoms with Gasteiger partial charge in [0.1, 0.15) is 0 Å². The van der Waals surface area contributed by atoms with E-state index >= 15 is 0 Å². The fourth-order valence-corrected chi connectivity index (χ4v) is 2.50. The molecule has 0 aliphatic heterocycles. The Morgan fingerprint density at radius 2 is 1.84 bits per heavy atom. The van der Waals surface area contributed by atoms with Crippen LogP contribution >= 0.6 is 0 Å². The Kier molecular flexibility index (Phi) is 4.20. The Hall–Kier alpha value is -1.84. The summed E-state index contributed by atoms with van der Waals surface area (Å²) in [6, 6.07) is 5.53. The first-order valence-electron chi connectivity index (χ1n) is 6.75. The second kappa shape index (κ2) is 5.87. The number of benzene rings is 1. The van der Waals surface area contributed by atoms with Crippen LogP contribution in [0.5, 0.6) is 0 Å². The van der Waals surface area contributed by atoms with Crippen LogP contribution in [0.15, 0.2) is 18.2 Å². The average Bonchev–Trinajstić information content (AvgIpc) is 2.86. The van der Waals surface area contributed by atoms with Gasteiger partial charge in [0.15, 0.2) is 0 Å². The molecule has 1 aliphatic carbocycles. The molecule has 1 aromatic carbocycles. The second-order valence-electron chi connectivity index (χ2n) is 5.18. The van der Waals surface area contributed by atoms with Crippen molar-refractivity contribution in [3.63, 3.8) is 0 Å². The standard InChI is InChI=1S/C15H20N2O2/c1-10-9-13(7-8-14(10)16-11(2)18)17-15(19)12-5-3-4-6-12/h7-9,12H,3-6H2,1-2H3,(H,16,18)(H,17,19). The van der Waals surface area contributed by atoms with Crippen molar-refractivity contribution in [3.8, 4) is 0 Å². The van der Waals surface area contributed by atoms with Gasteiger partial charge in [-0.05, 0) is 43.5 Å². The molecule has 4 heteroatoms. The minimum Gasteiger partial charge on any atom is -0.326 e. The molecule has 2 N–H and O–H groups in total. The highest BCUT2D eigenvalue weighted by Crippen LogP contribution is 2.27. The average molecular weight is 260 g/mol. The third kappa shape index (κ3) is 3.56. The number of carbonyl (C=O) groups is 2. The van der Waals surface area contributed by atoms with Gasteiger partial charge in [-0.3, -0.25) is 9.59 Å². The van der Waals surface area contributed by atoms with Gasteiger partial charge in [-0.2, -0.15) is 0 Å². The lowest BCUT2D eigenvalue weighted by Crippen LogP contribution is -2.20. The Morgan fingerprint density at radius 1 is 1.16 bits per heavy atom. The molecule has 102 valence electrons. The van der Waals surface area contributed by atoms with E-state index in [1.165, 1.54) is 6.92 Å². The van der Waals surface area contributed by atoms with Crippen molar-refractivity contribution in [2.45, 2.75) is 39.5 Å². The third-order valence-corrected chi connectivity index (χ3v) is 3.53.